The number of carbonyl (C=O) groups is 2. The van der Waals surface area contributed by atoms with E-state index >= 15 is 0 Å². The van der Waals surface area contributed by atoms with Gasteiger partial charge in [-0.1, -0.05) is 49.5 Å². The molecule has 6 N–H and O–H groups in total. The van der Waals surface area contributed by atoms with Crippen molar-refractivity contribution in [3.8, 4) is 0 Å². The first-order valence-electron chi connectivity index (χ1n) is 19.7. The van der Waals surface area contributed by atoms with Crippen LogP contribution in [0, 0.1) is 0 Å². The van der Waals surface area contributed by atoms with Crippen molar-refractivity contribution in [3.63, 3.8) is 0 Å². The fourth-order valence-corrected chi connectivity index (χ4v) is 7.78. The van der Waals surface area contributed by atoms with Gasteiger partial charge in [-0.15, -0.1) is 5.10 Å². The lowest BCUT2D eigenvalue weighted by molar-refractivity contribution is -0.132. The van der Waals surface area contributed by atoms with Crippen LogP contribution >= 0.6 is 7.60 Å². The fourth-order valence-electron chi connectivity index (χ4n) is 7.17. The van der Waals surface area contributed by atoms with Gasteiger partial charge in [0.25, 0.3) is 0 Å². The van der Waals surface area contributed by atoms with Gasteiger partial charge in [-0.25, -0.2) is 4.98 Å². The zero-order chi connectivity index (χ0) is 37.3. The van der Waals surface area contributed by atoms with Crippen LogP contribution in [0.4, 0.5) is 11.8 Å². The van der Waals surface area contributed by atoms with Crippen LogP contribution in [0.1, 0.15) is 102 Å². The maximum atomic E-state index is 12.8. The van der Waals surface area contributed by atoms with E-state index in [1.54, 1.807) is 0 Å². The van der Waals surface area contributed by atoms with Crippen molar-refractivity contribution in [1.82, 2.24) is 40.5 Å². The zero-order valence-corrected chi connectivity index (χ0v) is 31.9. The number of aromatic nitrogens is 5. The molecule has 5 rings (SSSR count). The molecule has 292 valence electrons. The number of likely N-dealkylation sites (tertiary alicyclic amines) is 1. The number of hydrogen-bond acceptors (Lipinski definition) is 11. The zero-order valence-electron chi connectivity index (χ0n) is 31.1. The maximum Gasteiger partial charge on any atom is 0.332 e. The molecule has 1 saturated heterocycles. The third-order valence-electron chi connectivity index (χ3n) is 10.1. The third kappa shape index (κ3) is 14.7. The quantitative estimate of drug-likeness (QED) is 0.0580. The smallest absolute Gasteiger partial charge is 0.332 e. The molecule has 2 fully saturated rings. The Morgan fingerprint density at radius 2 is 1.60 bits per heavy atom. The predicted octanol–water partition coefficient (Wildman–Crippen LogP) is 4.62. The average molecular weight is 755 g/mol. The summed E-state index contributed by atoms with van der Waals surface area (Å²) in [6, 6.07) is 8.84. The summed E-state index contributed by atoms with van der Waals surface area (Å²) < 4.78 is 12.8. The van der Waals surface area contributed by atoms with Crippen molar-refractivity contribution in [2.24, 2.45) is 0 Å². The summed E-state index contributed by atoms with van der Waals surface area (Å²) in [5.41, 5.74) is 1.66. The fraction of sp³-hybridized carbons (Fsp3) is 0.676. The number of fused-ring (bicyclic) bond motifs is 1. The summed E-state index contributed by atoms with van der Waals surface area (Å²) in [4.78, 5) is 53.8. The Hall–Kier alpha value is -3.49. The molecular formula is C37H59N10O5P. The summed E-state index contributed by atoms with van der Waals surface area (Å²) >= 11 is 0. The summed E-state index contributed by atoms with van der Waals surface area (Å²) in [6.45, 7) is 5.67. The number of nitrogens with zero attached hydrogens (tertiary/aromatic N) is 6. The van der Waals surface area contributed by atoms with Crippen LogP contribution in [-0.4, -0.2) is 102 Å². The minimum Gasteiger partial charge on any atom is -0.367 e. The largest absolute Gasteiger partial charge is 0.367 e. The molecule has 1 amide bonds. The van der Waals surface area contributed by atoms with Crippen molar-refractivity contribution < 1.29 is 23.9 Å². The monoisotopic (exact) mass is 754 g/mol. The molecule has 1 saturated carbocycles. The molecule has 0 bridgehead atoms. The van der Waals surface area contributed by atoms with Gasteiger partial charge in [-0.05, 0) is 83.1 Å². The SMILES string of the molecule is O=C(CCCCCCC(=O)N1CCC(Nc2nc(NCc3cn(CCCNCCCNC4CCCCC4)nn3)nc3ccccc23)CC1)CP(=O)(O)O. The van der Waals surface area contributed by atoms with Crippen LogP contribution in [-0.2, 0) is 27.2 Å². The lowest BCUT2D eigenvalue weighted by Crippen LogP contribution is -2.42. The van der Waals surface area contributed by atoms with Crippen molar-refractivity contribution in [3.05, 3.63) is 36.2 Å². The predicted molar refractivity (Wildman–Crippen MR) is 207 cm³/mol. The van der Waals surface area contributed by atoms with Gasteiger partial charge >= 0.3 is 7.60 Å². The van der Waals surface area contributed by atoms with Crippen molar-refractivity contribution in [2.75, 3.05) is 49.5 Å². The van der Waals surface area contributed by atoms with Gasteiger partial charge in [0.15, 0.2) is 0 Å². The van der Waals surface area contributed by atoms with Crippen LogP contribution in [0.5, 0.6) is 0 Å². The molecule has 1 aromatic carbocycles. The number of ketones is 1. The molecule has 0 unspecified atom stereocenters. The van der Waals surface area contributed by atoms with Gasteiger partial charge in [0.2, 0.25) is 11.9 Å². The van der Waals surface area contributed by atoms with E-state index in [1.807, 2.05) is 40.0 Å². The number of unbranched alkanes of at least 4 members (excludes halogenated alkanes) is 3. The first-order valence-corrected chi connectivity index (χ1v) is 21.5. The molecule has 2 aliphatic rings. The van der Waals surface area contributed by atoms with Crippen LogP contribution < -0.4 is 21.3 Å². The molecule has 53 heavy (non-hydrogen) atoms. The van der Waals surface area contributed by atoms with Crippen LogP contribution in [0.2, 0.25) is 0 Å². The van der Waals surface area contributed by atoms with E-state index in [4.69, 9.17) is 19.8 Å². The van der Waals surface area contributed by atoms with Crippen LogP contribution in [0.3, 0.4) is 0 Å². The molecule has 2 aromatic heterocycles. The second kappa shape index (κ2) is 21.4. The van der Waals surface area contributed by atoms with E-state index in [2.05, 4.69) is 31.6 Å². The Bertz CT molecular complexity index is 1620. The van der Waals surface area contributed by atoms with Gasteiger partial charge in [0.1, 0.15) is 23.5 Å². The number of rotatable bonds is 23. The minimum absolute atomic E-state index is 0.140. The molecule has 3 heterocycles. The second-order valence-corrected chi connectivity index (χ2v) is 16.2. The number of para-hydroxylation sites is 1. The maximum absolute atomic E-state index is 12.8. The Balaban J connectivity index is 0.984. The van der Waals surface area contributed by atoms with Crippen LogP contribution in [0.15, 0.2) is 30.5 Å². The second-order valence-electron chi connectivity index (χ2n) is 14.6. The summed E-state index contributed by atoms with van der Waals surface area (Å²) in [7, 11) is -4.29. The number of anilines is 2. The molecule has 1 aliphatic carbocycles. The van der Waals surface area contributed by atoms with E-state index in [1.165, 1.54) is 32.1 Å². The molecule has 1 aliphatic heterocycles. The third-order valence-corrected chi connectivity index (χ3v) is 10.9. The number of Topliss-reactive ketones (excluding diaryl/α,β-unsaturated/α-hetero) is 1. The number of amides is 1. The summed E-state index contributed by atoms with van der Waals surface area (Å²) in [5.74, 6) is 1.01. The van der Waals surface area contributed by atoms with Gasteiger partial charge in [0, 0.05) is 49.9 Å². The Kier molecular flexibility index (Phi) is 16.4. The highest BCUT2D eigenvalue weighted by molar-refractivity contribution is 7.52. The van der Waals surface area contributed by atoms with E-state index in [0.717, 1.165) is 99.6 Å². The number of nitrogens with one attached hydrogen (secondary N) is 4. The molecule has 0 radical (unpaired) electrons. The molecule has 15 nitrogen and oxygen atoms in total. The molecule has 0 spiro atoms. The Morgan fingerprint density at radius 3 is 2.40 bits per heavy atom. The van der Waals surface area contributed by atoms with Gasteiger partial charge < -0.3 is 36.0 Å². The van der Waals surface area contributed by atoms with Crippen molar-refractivity contribution in [2.45, 2.75) is 121 Å². The Labute approximate surface area is 313 Å². The van der Waals surface area contributed by atoms with E-state index in [9.17, 15) is 14.2 Å². The first kappa shape index (κ1) is 40.7. The van der Waals surface area contributed by atoms with E-state index in [-0.39, 0.29) is 18.4 Å². The molecule has 16 heteroatoms. The number of aryl methyl sites for hydroxylation is 1. The number of benzene rings is 1. The van der Waals surface area contributed by atoms with Gasteiger partial charge in [-0.3, -0.25) is 18.8 Å². The molecular weight excluding hydrogens is 695 g/mol. The highest BCUT2D eigenvalue weighted by atomic mass is 31.2. The average Bonchev–Trinajstić information content (AvgIpc) is 3.61. The number of hydrogen-bond donors (Lipinski definition) is 6. The highest BCUT2D eigenvalue weighted by Gasteiger charge is 2.24. The summed E-state index contributed by atoms with van der Waals surface area (Å²) in [5, 5.41) is 23.8. The topological polar surface area (TPSA) is 200 Å². The normalized spacial score (nSPS) is 15.9. The molecule has 0 atom stereocenters. The summed E-state index contributed by atoms with van der Waals surface area (Å²) in [6.07, 6.45) is 15.3. The van der Waals surface area contributed by atoms with Gasteiger partial charge in [-0.2, -0.15) is 4.98 Å². The van der Waals surface area contributed by atoms with Crippen molar-refractivity contribution >= 4 is 42.0 Å². The molecule has 3 aromatic rings. The van der Waals surface area contributed by atoms with Gasteiger partial charge in [0.05, 0.1) is 18.3 Å². The lowest BCUT2D eigenvalue weighted by atomic mass is 9.95. The van der Waals surface area contributed by atoms with Crippen molar-refractivity contribution in [1.29, 1.82) is 0 Å². The Morgan fingerprint density at radius 1 is 0.849 bits per heavy atom. The number of carbonyl (C=O) groups excluding carboxylic acids is 2. The van der Waals surface area contributed by atoms with Crippen LogP contribution in [0.25, 0.3) is 10.9 Å². The highest BCUT2D eigenvalue weighted by Crippen LogP contribution is 2.34. The number of piperidine rings is 1. The minimum atomic E-state index is -4.29. The first-order chi connectivity index (χ1) is 25.7. The lowest BCUT2D eigenvalue weighted by Gasteiger charge is -2.33. The standard InChI is InChI=1S/C37H59N10O5P/c48-32(28-53(50,51)52)14-6-1-2-7-17-35(49)46-24-18-30(19-25-46)41-36-33-15-8-9-16-34(33)42-37(43-36)40-26-31-27-47(45-44-31)23-11-21-38-20-10-22-39-29-12-4-3-5-13-29/h8-9,15-16,27,29-30,38-39H,1-7,10-14,17-26,28H2,(H2,50,51,52)(H2,40,41,42,43). The van der Waals surface area contributed by atoms with E-state index < -0.39 is 19.5 Å². The van der Waals surface area contributed by atoms with E-state index in [0.29, 0.717) is 38.4 Å².